The first-order valence-corrected chi connectivity index (χ1v) is 13.4. The summed E-state index contributed by atoms with van der Waals surface area (Å²) in [6.07, 6.45) is 6.82. The third-order valence-electron chi connectivity index (χ3n) is 8.53. The Hall–Kier alpha value is -3.92. The maximum atomic E-state index is 13.4. The highest BCUT2D eigenvalue weighted by atomic mass is 16.1. The average molecular weight is 487 g/mol. The number of carbonyl (C=O) groups excluding carboxylic acids is 2. The van der Waals surface area contributed by atoms with Crippen molar-refractivity contribution in [3.8, 4) is 0 Å². The Morgan fingerprint density at radius 1 is 0.784 bits per heavy atom. The first-order valence-electron chi connectivity index (χ1n) is 13.4. The predicted molar refractivity (Wildman–Crippen MR) is 147 cm³/mol. The lowest BCUT2D eigenvalue weighted by atomic mass is 9.71. The molecule has 3 aromatic carbocycles. The molecular weight excluding hydrogens is 456 g/mol. The molecule has 0 saturated carbocycles. The Labute approximate surface area is 216 Å². The molecule has 1 N–H and O–H groups in total. The second-order valence-electron chi connectivity index (χ2n) is 10.7. The number of dihydropyridines is 1. The Balaban J connectivity index is 1.44. The number of aryl methyl sites for hydroxylation is 1. The zero-order valence-corrected chi connectivity index (χ0v) is 21.1. The smallest absolute Gasteiger partial charge is 0.161 e. The first kappa shape index (κ1) is 22.3. The molecule has 3 aliphatic rings. The molecule has 1 aliphatic heterocycles. The van der Waals surface area contributed by atoms with E-state index in [1.807, 2.05) is 0 Å². The van der Waals surface area contributed by atoms with Gasteiger partial charge in [-0.1, -0.05) is 54.6 Å². The van der Waals surface area contributed by atoms with E-state index in [1.54, 1.807) is 0 Å². The van der Waals surface area contributed by atoms with Crippen molar-refractivity contribution in [2.45, 2.75) is 57.9 Å². The van der Waals surface area contributed by atoms with E-state index < -0.39 is 0 Å². The summed E-state index contributed by atoms with van der Waals surface area (Å²) in [5, 5.41) is 7.18. The molecule has 0 fully saturated rings. The molecule has 0 saturated heterocycles. The minimum absolute atomic E-state index is 0.186. The molecule has 184 valence electrons. The molecule has 0 radical (unpaired) electrons. The number of para-hydroxylation sites is 1. The molecule has 0 atom stereocenters. The topological polar surface area (TPSA) is 51.1 Å². The van der Waals surface area contributed by atoms with Gasteiger partial charge in [0.2, 0.25) is 0 Å². The molecule has 4 nitrogen and oxygen atoms in total. The Morgan fingerprint density at radius 3 is 2.16 bits per heavy atom. The average Bonchev–Trinajstić information content (AvgIpc) is 3.27. The van der Waals surface area contributed by atoms with E-state index in [9.17, 15) is 9.59 Å². The molecule has 2 heterocycles. The quantitative estimate of drug-likeness (QED) is 0.344. The van der Waals surface area contributed by atoms with E-state index in [1.165, 1.54) is 21.9 Å². The SMILES string of the molecule is Cc1ccc2ccccc2c1Cn1cc(C2C3=C(CCCC3=O)NC3=C2C(=O)CCC3)c2ccccc21. The number of benzene rings is 3. The van der Waals surface area contributed by atoms with Crippen molar-refractivity contribution in [3.63, 3.8) is 0 Å². The third kappa shape index (κ3) is 3.50. The number of hydrogen-bond acceptors (Lipinski definition) is 3. The van der Waals surface area contributed by atoms with Crippen LogP contribution >= 0.6 is 0 Å². The van der Waals surface area contributed by atoms with Crippen LogP contribution in [0.4, 0.5) is 0 Å². The van der Waals surface area contributed by atoms with Gasteiger partial charge in [0.1, 0.15) is 0 Å². The summed E-state index contributed by atoms with van der Waals surface area (Å²) in [6, 6.07) is 21.4. The third-order valence-corrected chi connectivity index (χ3v) is 8.53. The Bertz CT molecular complexity index is 1640. The van der Waals surface area contributed by atoms with E-state index in [-0.39, 0.29) is 17.5 Å². The van der Waals surface area contributed by atoms with Gasteiger partial charge < -0.3 is 9.88 Å². The number of allylic oxidation sites excluding steroid dienone is 4. The fourth-order valence-electron chi connectivity index (χ4n) is 6.76. The van der Waals surface area contributed by atoms with E-state index in [0.717, 1.165) is 71.2 Å². The van der Waals surface area contributed by atoms with Crippen molar-refractivity contribution >= 4 is 33.2 Å². The van der Waals surface area contributed by atoms with Crippen LogP contribution in [0.25, 0.3) is 21.7 Å². The van der Waals surface area contributed by atoms with Crippen LogP contribution in [0, 0.1) is 6.92 Å². The fraction of sp³-hybridized carbons (Fsp3) is 0.273. The standard InChI is InChI=1S/C33H30N2O2/c1-20-16-17-21-8-2-3-9-22(21)24(20)18-35-19-25(23-10-4-5-13-28(23)35)31-32-26(11-6-14-29(32)36)34-27-12-7-15-30(37)33(27)31/h2-5,8-10,13,16-17,19,31,34H,6-7,11-12,14-15,18H2,1H3. The number of aromatic nitrogens is 1. The van der Waals surface area contributed by atoms with Gasteiger partial charge in [0, 0.05) is 64.9 Å². The van der Waals surface area contributed by atoms with Crippen molar-refractivity contribution in [2.75, 3.05) is 0 Å². The summed E-state index contributed by atoms with van der Waals surface area (Å²) in [6.45, 7) is 2.91. The second-order valence-corrected chi connectivity index (χ2v) is 10.7. The van der Waals surface area contributed by atoms with Crippen molar-refractivity contribution in [1.29, 1.82) is 0 Å². The number of hydrogen-bond donors (Lipinski definition) is 1. The van der Waals surface area contributed by atoms with E-state index in [2.05, 4.69) is 83.7 Å². The summed E-state index contributed by atoms with van der Waals surface area (Å²) < 4.78 is 2.32. The zero-order valence-electron chi connectivity index (χ0n) is 21.1. The van der Waals surface area contributed by atoms with E-state index in [4.69, 9.17) is 0 Å². The Kier molecular flexibility index (Phi) is 5.17. The van der Waals surface area contributed by atoms with Crippen LogP contribution < -0.4 is 5.32 Å². The minimum Gasteiger partial charge on any atom is -0.362 e. The van der Waals surface area contributed by atoms with Gasteiger partial charge in [-0.2, -0.15) is 0 Å². The number of fused-ring (bicyclic) bond motifs is 2. The van der Waals surface area contributed by atoms with Crippen LogP contribution in [0.2, 0.25) is 0 Å². The van der Waals surface area contributed by atoms with Gasteiger partial charge in [0.15, 0.2) is 11.6 Å². The number of ketones is 2. The molecule has 37 heavy (non-hydrogen) atoms. The number of nitrogens with zero attached hydrogens (tertiary/aromatic N) is 1. The largest absolute Gasteiger partial charge is 0.362 e. The number of nitrogens with one attached hydrogen (secondary N) is 1. The number of Topliss-reactive ketones (excluding diaryl/α,β-unsaturated/α-hetero) is 2. The molecule has 0 unspecified atom stereocenters. The van der Waals surface area contributed by atoms with Crippen LogP contribution in [0.3, 0.4) is 0 Å². The van der Waals surface area contributed by atoms with Crippen LogP contribution in [-0.2, 0) is 16.1 Å². The summed E-state index contributed by atoms with van der Waals surface area (Å²) >= 11 is 0. The molecule has 7 rings (SSSR count). The minimum atomic E-state index is -0.286. The number of carbonyl (C=O) groups is 2. The molecule has 4 aromatic rings. The summed E-state index contributed by atoms with van der Waals surface area (Å²) in [4.78, 5) is 26.8. The van der Waals surface area contributed by atoms with E-state index in [0.29, 0.717) is 12.8 Å². The molecule has 1 aromatic heterocycles. The molecule has 4 heteroatoms. The molecule has 0 amide bonds. The van der Waals surface area contributed by atoms with Gasteiger partial charge in [-0.15, -0.1) is 0 Å². The Morgan fingerprint density at radius 2 is 1.43 bits per heavy atom. The van der Waals surface area contributed by atoms with Crippen LogP contribution in [0.5, 0.6) is 0 Å². The summed E-state index contributed by atoms with van der Waals surface area (Å²) in [5.41, 5.74) is 8.51. The van der Waals surface area contributed by atoms with Crippen LogP contribution in [-0.4, -0.2) is 16.1 Å². The fourth-order valence-corrected chi connectivity index (χ4v) is 6.76. The normalized spacial score (nSPS) is 18.4. The summed E-state index contributed by atoms with van der Waals surface area (Å²) in [7, 11) is 0. The lowest BCUT2D eigenvalue weighted by molar-refractivity contribution is -0.116. The van der Waals surface area contributed by atoms with Gasteiger partial charge in [0.25, 0.3) is 0 Å². The van der Waals surface area contributed by atoms with E-state index >= 15 is 0 Å². The monoisotopic (exact) mass is 486 g/mol. The van der Waals surface area contributed by atoms with Gasteiger partial charge in [-0.3, -0.25) is 9.59 Å². The van der Waals surface area contributed by atoms with Crippen molar-refractivity contribution in [1.82, 2.24) is 9.88 Å². The molecule has 0 spiro atoms. The van der Waals surface area contributed by atoms with Crippen molar-refractivity contribution in [3.05, 3.63) is 106 Å². The highest BCUT2D eigenvalue weighted by Crippen LogP contribution is 2.47. The molecule has 0 bridgehead atoms. The maximum absolute atomic E-state index is 13.4. The van der Waals surface area contributed by atoms with Gasteiger partial charge >= 0.3 is 0 Å². The number of rotatable bonds is 3. The predicted octanol–water partition coefficient (Wildman–Crippen LogP) is 6.85. The first-order chi connectivity index (χ1) is 18.1. The second kappa shape index (κ2) is 8.58. The van der Waals surface area contributed by atoms with Crippen LogP contribution in [0.1, 0.15) is 61.1 Å². The lowest BCUT2D eigenvalue weighted by Crippen LogP contribution is -2.36. The molecule has 2 aliphatic carbocycles. The van der Waals surface area contributed by atoms with Crippen molar-refractivity contribution in [2.24, 2.45) is 0 Å². The maximum Gasteiger partial charge on any atom is 0.161 e. The highest BCUT2D eigenvalue weighted by molar-refractivity contribution is 6.07. The summed E-state index contributed by atoms with van der Waals surface area (Å²) in [5.74, 6) is 0.0856. The van der Waals surface area contributed by atoms with Gasteiger partial charge in [-0.05, 0) is 66.1 Å². The van der Waals surface area contributed by atoms with Gasteiger partial charge in [0.05, 0.1) is 0 Å². The molecular formula is C33H30N2O2. The van der Waals surface area contributed by atoms with Gasteiger partial charge in [-0.25, -0.2) is 0 Å². The van der Waals surface area contributed by atoms with Crippen LogP contribution in [0.15, 0.2) is 89.4 Å². The van der Waals surface area contributed by atoms with Crippen molar-refractivity contribution < 1.29 is 9.59 Å². The lowest BCUT2D eigenvalue weighted by Gasteiger charge is -2.37. The highest BCUT2D eigenvalue weighted by Gasteiger charge is 2.41. The zero-order chi connectivity index (χ0) is 25.1.